The lowest BCUT2D eigenvalue weighted by molar-refractivity contribution is 0.0534. The Morgan fingerprint density at radius 2 is 2.22 bits per heavy atom. The molecule has 5 nitrogen and oxygen atoms in total. The van der Waals surface area contributed by atoms with E-state index in [1.165, 1.54) is 6.20 Å². The standard InChI is InChI=1S/C13H18N2O3/c1-13(2,3)18-12(17)15-6-4-5-10-7-11(16)9-14-8-10/h4-5,7-9,16H,6H2,1-3H3,(H,15,17). The van der Waals surface area contributed by atoms with Crippen molar-refractivity contribution in [1.29, 1.82) is 0 Å². The first-order valence-corrected chi connectivity index (χ1v) is 5.64. The highest BCUT2D eigenvalue weighted by molar-refractivity contribution is 5.68. The van der Waals surface area contributed by atoms with Crippen molar-refractivity contribution in [2.24, 2.45) is 0 Å². The fraction of sp³-hybridized carbons (Fsp3) is 0.385. The Labute approximate surface area is 107 Å². The molecule has 0 bridgehead atoms. The Hall–Kier alpha value is -2.04. The average Bonchev–Trinajstić information content (AvgIpc) is 2.22. The number of carbonyl (C=O) groups is 1. The minimum atomic E-state index is -0.497. The summed E-state index contributed by atoms with van der Waals surface area (Å²) in [6.07, 6.45) is 6.02. The smallest absolute Gasteiger partial charge is 0.407 e. The third-order valence-electron chi connectivity index (χ3n) is 1.82. The van der Waals surface area contributed by atoms with Crippen LogP contribution in [0.5, 0.6) is 5.75 Å². The van der Waals surface area contributed by atoms with Crippen LogP contribution >= 0.6 is 0 Å². The van der Waals surface area contributed by atoms with E-state index < -0.39 is 11.7 Å². The SMILES string of the molecule is CC(C)(C)OC(=O)NCC=Cc1cncc(O)c1. The van der Waals surface area contributed by atoms with Crippen LogP contribution in [0.1, 0.15) is 26.3 Å². The van der Waals surface area contributed by atoms with Crippen LogP contribution in [0.2, 0.25) is 0 Å². The molecule has 1 heterocycles. The summed E-state index contributed by atoms with van der Waals surface area (Å²) >= 11 is 0. The van der Waals surface area contributed by atoms with E-state index in [4.69, 9.17) is 4.74 Å². The molecule has 98 valence electrons. The summed E-state index contributed by atoms with van der Waals surface area (Å²) in [6, 6.07) is 1.58. The van der Waals surface area contributed by atoms with E-state index in [9.17, 15) is 9.90 Å². The molecule has 1 aromatic heterocycles. The molecule has 0 unspecified atom stereocenters. The lowest BCUT2D eigenvalue weighted by atomic mass is 10.2. The number of hydrogen-bond donors (Lipinski definition) is 2. The molecule has 0 aliphatic carbocycles. The van der Waals surface area contributed by atoms with Gasteiger partial charge < -0.3 is 15.2 Å². The zero-order chi connectivity index (χ0) is 13.6. The van der Waals surface area contributed by atoms with Gasteiger partial charge in [0.25, 0.3) is 0 Å². The van der Waals surface area contributed by atoms with E-state index >= 15 is 0 Å². The molecular formula is C13H18N2O3. The average molecular weight is 250 g/mol. The van der Waals surface area contributed by atoms with Gasteiger partial charge in [-0.3, -0.25) is 4.98 Å². The number of aromatic hydroxyl groups is 1. The van der Waals surface area contributed by atoms with Crippen molar-refractivity contribution in [2.75, 3.05) is 6.54 Å². The van der Waals surface area contributed by atoms with Gasteiger partial charge in [0.2, 0.25) is 0 Å². The first-order chi connectivity index (χ1) is 8.37. The summed E-state index contributed by atoms with van der Waals surface area (Å²) < 4.78 is 5.07. The van der Waals surface area contributed by atoms with Gasteiger partial charge in [-0.15, -0.1) is 0 Å². The fourth-order valence-corrected chi connectivity index (χ4v) is 1.19. The molecule has 1 amide bonds. The van der Waals surface area contributed by atoms with Gasteiger partial charge >= 0.3 is 6.09 Å². The molecule has 2 N–H and O–H groups in total. The molecule has 18 heavy (non-hydrogen) atoms. The van der Waals surface area contributed by atoms with Crippen LogP contribution in [-0.2, 0) is 4.74 Å². The summed E-state index contributed by atoms with van der Waals surface area (Å²) in [5.41, 5.74) is 0.268. The zero-order valence-electron chi connectivity index (χ0n) is 10.8. The van der Waals surface area contributed by atoms with Gasteiger partial charge in [-0.1, -0.05) is 12.2 Å². The molecule has 5 heteroatoms. The highest BCUT2D eigenvalue weighted by Gasteiger charge is 2.14. The van der Waals surface area contributed by atoms with Crippen molar-refractivity contribution in [1.82, 2.24) is 10.3 Å². The Morgan fingerprint density at radius 1 is 1.50 bits per heavy atom. The molecule has 0 fully saturated rings. The topological polar surface area (TPSA) is 71.5 Å². The van der Waals surface area contributed by atoms with E-state index in [1.807, 2.05) is 0 Å². The number of amides is 1. The quantitative estimate of drug-likeness (QED) is 0.863. The number of hydrogen-bond acceptors (Lipinski definition) is 4. The summed E-state index contributed by atoms with van der Waals surface area (Å²) in [7, 11) is 0. The predicted octanol–water partition coefficient (Wildman–Crippen LogP) is 2.33. The summed E-state index contributed by atoms with van der Waals surface area (Å²) in [5.74, 6) is 0.109. The highest BCUT2D eigenvalue weighted by atomic mass is 16.6. The van der Waals surface area contributed by atoms with Gasteiger partial charge in [0, 0.05) is 12.7 Å². The van der Waals surface area contributed by atoms with Crippen molar-refractivity contribution >= 4 is 12.2 Å². The molecule has 0 aliphatic heterocycles. The fourth-order valence-electron chi connectivity index (χ4n) is 1.19. The monoisotopic (exact) mass is 250 g/mol. The maximum atomic E-state index is 11.3. The molecule has 0 aliphatic rings. The van der Waals surface area contributed by atoms with E-state index in [0.717, 1.165) is 5.56 Å². The minimum absolute atomic E-state index is 0.109. The molecule has 1 aromatic rings. The largest absolute Gasteiger partial charge is 0.506 e. The minimum Gasteiger partial charge on any atom is -0.506 e. The number of rotatable bonds is 3. The molecule has 1 rings (SSSR count). The number of nitrogens with zero attached hydrogens (tertiary/aromatic N) is 1. The van der Waals surface area contributed by atoms with E-state index in [2.05, 4.69) is 10.3 Å². The summed E-state index contributed by atoms with van der Waals surface area (Å²) in [6.45, 7) is 5.77. The van der Waals surface area contributed by atoms with E-state index in [0.29, 0.717) is 6.54 Å². The lowest BCUT2D eigenvalue weighted by Gasteiger charge is -2.19. The zero-order valence-corrected chi connectivity index (χ0v) is 10.8. The third kappa shape index (κ3) is 5.89. The van der Waals surface area contributed by atoms with Crippen LogP contribution in [0.15, 0.2) is 24.5 Å². The maximum absolute atomic E-state index is 11.3. The second-order valence-corrected chi connectivity index (χ2v) is 4.76. The summed E-state index contributed by atoms with van der Waals surface area (Å²) in [5, 5.41) is 11.8. The Balaban J connectivity index is 2.36. The van der Waals surface area contributed by atoms with Crippen LogP contribution in [0.25, 0.3) is 6.08 Å². The molecule has 0 radical (unpaired) electrons. The van der Waals surface area contributed by atoms with Crippen molar-refractivity contribution in [3.63, 3.8) is 0 Å². The van der Waals surface area contributed by atoms with Crippen LogP contribution in [0.4, 0.5) is 4.79 Å². The first-order valence-electron chi connectivity index (χ1n) is 5.64. The van der Waals surface area contributed by atoms with Gasteiger partial charge in [-0.25, -0.2) is 4.79 Å². The maximum Gasteiger partial charge on any atom is 0.407 e. The molecule has 0 atom stereocenters. The number of pyridine rings is 1. The predicted molar refractivity (Wildman–Crippen MR) is 69.2 cm³/mol. The van der Waals surface area contributed by atoms with Crippen molar-refractivity contribution in [3.05, 3.63) is 30.1 Å². The number of nitrogens with one attached hydrogen (secondary N) is 1. The molecule has 0 spiro atoms. The Morgan fingerprint density at radius 3 is 2.83 bits per heavy atom. The third-order valence-corrected chi connectivity index (χ3v) is 1.82. The van der Waals surface area contributed by atoms with Crippen molar-refractivity contribution < 1.29 is 14.6 Å². The van der Waals surface area contributed by atoms with Crippen molar-refractivity contribution in [2.45, 2.75) is 26.4 Å². The van der Waals surface area contributed by atoms with E-state index in [-0.39, 0.29) is 5.75 Å². The van der Waals surface area contributed by atoms with Gasteiger partial charge in [-0.2, -0.15) is 0 Å². The van der Waals surface area contributed by atoms with Crippen LogP contribution in [0, 0.1) is 0 Å². The van der Waals surface area contributed by atoms with Crippen LogP contribution < -0.4 is 5.32 Å². The Bertz CT molecular complexity index is 436. The normalized spacial score (nSPS) is 11.5. The second-order valence-electron chi connectivity index (χ2n) is 4.76. The highest BCUT2D eigenvalue weighted by Crippen LogP contribution is 2.09. The van der Waals surface area contributed by atoms with Crippen molar-refractivity contribution in [3.8, 4) is 5.75 Å². The number of ether oxygens (including phenoxy) is 1. The van der Waals surface area contributed by atoms with Gasteiger partial charge in [0.05, 0.1) is 6.20 Å². The van der Waals surface area contributed by atoms with Gasteiger partial charge in [-0.05, 0) is 32.4 Å². The molecule has 0 saturated heterocycles. The second kappa shape index (κ2) is 6.05. The number of aromatic nitrogens is 1. The van der Waals surface area contributed by atoms with Crippen LogP contribution in [0.3, 0.4) is 0 Å². The lowest BCUT2D eigenvalue weighted by Crippen LogP contribution is -2.32. The molecule has 0 aromatic carbocycles. The molecule has 0 saturated carbocycles. The first kappa shape index (κ1) is 14.0. The van der Waals surface area contributed by atoms with Gasteiger partial charge in [0.15, 0.2) is 0 Å². The van der Waals surface area contributed by atoms with Crippen LogP contribution in [-0.4, -0.2) is 28.3 Å². The van der Waals surface area contributed by atoms with Gasteiger partial charge in [0.1, 0.15) is 11.4 Å². The van der Waals surface area contributed by atoms with E-state index in [1.54, 1.807) is 45.2 Å². The summed E-state index contributed by atoms with van der Waals surface area (Å²) in [4.78, 5) is 15.1. The number of carbonyl (C=O) groups excluding carboxylic acids is 1. The number of alkyl carbamates (subject to hydrolysis) is 1. The molecular weight excluding hydrogens is 232 g/mol. The Kier molecular flexibility index (Phi) is 4.71.